The minimum absolute atomic E-state index is 0. The molecule has 0 spiro atoms. The molecule has 1 aromatic heterocycles. The van der Waals surface area contributed by atoms with E-state index in [4.69, 9.17) is 0 Å². The second kappa shape index (κ2) is 9.90. The van der Waals surface area contributed by atoms with E-state index in [1.165, 1.54) is 16.8 Å². The van der Waals surface area contributed by atoms with Crippen LogP contribution in [0.5, 0.6) is 0 Å². The molecule has 0 N–H and O–H groups in total. The van der Waals surface area contributed by atoms with Crippen molar-refractivity contribution in [1.29, 1.82) is 0 Å². The molecule has 0 aliphatic carbocycles. The molecule has 0 atom stereocenters. The van der Waals surface area contributed by atoms with Gasteiger partial charge in [-0.2, -0.15) is 12.6 Å². The molecular weight excluding hydrogens is 403 g/mol. The van der Waals surface area contributed by atoms with Gasteiger partial charge in [0.15, 0.2) is 12.4 Å². The van der Waals surface area contributed by atoms with Crippen molar-refractivity contribution >= 4 is 30.5 Å². The molecule has 2 rings (SSSR count). The molecule has 0 amide bonds. The number of aromatic nitrogens is 1. The molecule has 0 radical (unpaired) electrons. The maximum absolute atomic E-state index is 4.31. The largest absolute Gasteiger partial charge is 1.00 e. The van der Waals surface area contributed by atoms with Gasteiger partial charge in [-0.15, -0.1) is 0 Å². The van der Waals surface area contributed by atoms with E-state index in [9.17, 15) is 0 Å². The van der Waals surface area contributed by atoms with Gasteiger partial charge >= 0.3 is 0 Å². The van der Waals surface area contributed by atoms with Crippen molar-refractivity contribution in [2.24, 2.45) is 7.05 Å². The molecule has 0 bridgehead atoms. The zero-order chi connectivity index (χ0) is 15.1. The minimum Gasteiger partial charge on any atom is -1.00 e. The van der Waals surface area contributed by atoms with Crippen molar-refractivity contribution < 1.29 is 28.5 Å². The smallest absolute Gasteiger partial charge is 0.169 e. The number of thiol groups is 1. The summed E-state index contributed by atoms with van der Waals surface area (Å²) < 4.78 is 2.03. The summed E-state index contributed by atoms with van der Waals surface area (Å²) in [5.41, 5.74) is 3.69. The van der Waals surface area contributed by atoms with Gasteiger partial charge in [0.1, 0.15) is 7.05 Å². The van der Waals surface area contributed by atoms with Crippen molar-refractivity contribution in [3.8, 4) is 0 Å². The third kappa shape index (κ3) is 5.65. The van der Waals surface area contributed by atoms with Gasteiger partial charge in [-0.3, -0.25) is 0 Å². The van der Waals surface area contributed by atoms with Crippen LogP contribution in [0.4, 0.5) is 5.69 Å². The summed E-state index contributed by atoms with van der Waals surface area (Å²) in [7, 11) is 2.02. The SMILES string of the molecule is CCN(CCS)c1ccc(/C=C/c2cc[n+](C)cc2)cc1.[I-]. The molecule has 0 saturated carbocycles. The van der Waals surface area contributed by atoms with Crippen LogP contribution in [0, 0.1) is 0 Å². The van der Waals surface area contributed by atoms with Crippen LogP contribution in [-0.2, 0) is 7.05 Å². The molecule has 0 aliphatic rings. The maximum Gasteiger partial charge on any atom is 0.169 e. The topological polar surface area (TPSA) is 7.12 Å². The van der Waals surface area contributed by atoms with E-state index in [1.807, 2.05) is 11.6 Å². The summed E-state index contributed by atoms with van der Waals surface area (Å²) in [5.74, 6) is 0.876. The molecule has 2 nitrogen and oxygen atoms in total. The van der Waals surface area contributed by atoms with E-state index >= 15 is 0 Å². The monoisotopic (exact) mass is 426 g/mol. The van der Waals surface area contributed by atoms with Crippen LogP contribution >= 0.6 is 12.6 Å². The number of nitrogens with zero attached hydrogens (tertiary/aromatic N) is 2. The Morgan fingerprint density at radius 2 is 1.55 bits per heavy atom. The maximum atomic E-state index is 4.31. The Balaban J connectivity index is 0.00000242. The number of rotatable bonds is 6. The molecule has 0 fully saturated rings. The molecule has 0 saturated heterocycles. The number of hydrogen-bond donors (Lipinski definition) is 1. The Morgan fingerprint density at radius 1 is 1.00 bits per heavy atom. The van der Waals surface area contributed by atoms with Crippen LogP contribution in [0.3, 0.4) is 0 Å². The number of benzene rings is 1. The predicted octanol–water partition coefficient (Wildman–Crippen LogP) is 0.442. The number of pyridine rings is 1. The molecular formula is C18H23IN2S. The van der Waals surface area contributed by atoms with Crippen LogP contribution in [0.1, 0.15) is 18.1 Å². The summed E-state index contributed by atoms with van der Waals surface area (Å²) in [4.78, 5) is 2.33. The summed E-state index contributed by atoms with van der Waals surface area (Å²) in [6, 6.07) is 12.9. The van der Waals surface area contributed by atoms with Gasteiger partial charge < -0.3 is 28.9 Å². The lowest BCUT2D eigenvalue weighted by Gasteiger charge is -2.22. The highest BCUT2D eigenvalue weighted by atomic mass is 127. The van der Waals surface area contributed by atoms with Crippen molar-refractivity contribution in [1.82, 2.24) is 0 Å². The average Bonchev–Trinajstić information content (AvgIpc) is 2.53. The Kier molecular flexibility index (Phi) is 8.56. The first-order chi connectivity index (χ1) is 10.2. The average molecular weight is 426 g/mol. The molecule has 118 valence electrons. The molecule has 2 aromatic rings. The standard InChI is InChI=1S/C18H22N2S.HI/c1-3-20(14-15-21)18-8-6-16(7-9-18)4-5-17-10-12-19(2)13-11-17;/h4-13H,3,14-15H2,1-2H3;1H. The second-order valence-corrected chi connectivity index (χ2v) is 5.47. The zero-order valence-electron chi connectivity index (χ0n) is 13.1. The fraction of sp³-hybridized carbons (Fsp3) is 0.278. The van der Waals surface area contributed by atoms with Gasteiger partial charge in [0, 0.05) is 36.7 Å². The zero-order valence-corrected chi connectivity index (χ0v) is 16.2. The summed E-state index contributed by atoms with van der Waals surface area (Å²) >= 11 is 4.31. The third-order valence-electron chi connectivity index (χ3n) is 3.48. The summed E-state index contributed by atoms with van der Waals surface area (Å²) in [6.07, 6.45) is 8.40. The van der Waals surface area contributed by atoms with E-state index in [2.05, 4.69) is 85.4 Å². The minimum atomic E-state index is 0. The first kappa shape index (κ1) is 19.0. The number of aryl methyl sites for hydroxylation is 1. The molecule has 4 heteroatoms. The van der Waals surface area contributed by atoms with Crippen LogP contribution in [-0.4, -0.2) is 18.8 Å². The van der Waals surface area contributed by atoms with Gasteiger partial charge in [-0.05, 0) is 30.2 Å². The van der Waals surface area contributed by atoms with Crippen molar-refractivity contribution in [2.75, 3.05) is 23.7 Å². The third-order valence-corrected chi connectivity index (χ3v) is 3.68. The van der Waals surface area contributed by atoms with Gasteiger partial charge in [0.25, 0.3) is 0 Å². The fourth-order valence-corrected chi connectivity index (χ4v) is 2.44. The highest BCUT2D eigenvalue weighted by Crippen LogP contribution is 2.16. The van der Waals surface area contributed by atoms with Crippen molar-refractivity contribution in [3.63, 3.8) is 0 Å². The first-order valence-electron chi connectivity index (χ1n) is 7.32. The van der Waals surface area contributed by atoms with Crippen molar-refractivity contribution in [2.45, 2.75) is 6.92 Å². The van der Waals surface area contributed by atoms with Crippen LogP contribution in [0.15, 0.2) is 48.8 Å². The Labute approximate surface area is 156 Å². The van der Waals surface area contributed by atoms with Gasteiger partial charge in [0.05, 0.1) is 0 Å². The van der Waals surface area contributed by atoms with E-state index in [1.54, 1.807) is 0 Å². The Bertz CT molecular complexity index is 579. The number of hydrogen-bond acceptors (Lipinski definition) is 2. The quantitative estimate of drug-likeness (QED) is 0.400. The van der Waals surface area contributed by atoms with Gasteiger partial charge in [-0.1, -0.05) is 24.3 Å². The van der Waals surface area contributed by atoms with Gasteiger partial charge in [0.2, 0.25) is 0 Å². The lowest BCUT2D eigenvalue weighted by molar-refractivity contribution is -0.671. The van der Waals surface area contributed by atoms with E-state index in [-0.39, 0.29) is 24.0 Å². The normalized spacial score (nSPS) is 10.5. The van der Waals surface area contributed by atoms with Crippen molar-refractivity contribution in [3.05, 3.63) is 59.9 Å². The van der Waals surface area contributed by atoms with Crippen LogP contribution in [0.2, 0.25) is 0 Å². The molecule has 22 heavy (non-hydrogen) atoms. The van der Waals surface area contributed by atoms with Gasteiger partial charge in [-0.25, -0.2) is 4.57 Å². The van der Waals surface area contributed by atoms with Crippen LogP contribution < -0.4 is 33.4 Å². The lowest BCUT2D eigenvalue weighted by atomic mass is 10.1. The molecule has 1 heterocycles. The second-order valence-electron chi connectivity index (χ2n) is 5.03. The first-order valence-corrected chi connectivity index (χ1v) is 7.95. The molecule has 0 aliphatic heterocycles. The molecule has 1 aromatic carbocycles. The molecule has 0 unspecified atom stereocenters. The summed E-state index contributed by atoms with van der Waals surface area (Å²) in [6.45, 7) is 4.17. The Morgan fingerprint density at radius 3 is 2.05 bits per heavy atom. The predicted molar refractivity (Wildman–Crippen MR) is 94.7 cm³/mol. The number of halogens is 1. The Hall–Kier alpha value is -1.01. The highest BCUT2D eigenvalue weighted by Gasteiger charge is 2.02. The van der Waals surface area contributed by atoms with E-state index < -0.39 is 0 Å². The lowest BCUT2D eigenvalue weighted by Crippen LogP contribution is -3.00. The highest BCUT2D eigenvalue weighted by molar-refractivity contribution is 7.80. The fourth-order valence-electron chi connectivity index (χ4n) is 2.20. The van der Waals surface area contributed by atoms with E-state index in [0.29, 0.717) is 0 Å². The summed E-state index contributed by atoms with van der Waals surface area (Å²) in [5, 5.41) is 0. The van der Waals surface area contributed by atoms with Crippen LogP contribution in [0.25, 0.3) is 12.2 Å². The van der Waals surface area contributed by atoms with E-state index in [0.717, 1.165) is 18.8 Å². The number of anilines is 1.